The lowest BCUT2D eigenvalue weighted by Crippen LogP contribution is -2.48. The van der Waals surface area contributed by atoms with Crippen molar-refractivity contribution in [1.82, 2.24) is 9.88 Å². The molecule has 1 N–H and O–H groups in total. The Kier molecular flexibility index (Phi) is 2.91. The number of H-pyrrole nitrogens is 1. The van der Waals surface area contributed by atoms with Crippen molar-refractivity contribution in [3.63, 3.8) is 0 Å². The van der Waals surface area contributed by atoms with E-state index in [9.17, 15) is 4.79 Å². The summed E-state index contributed by atoms with van der Waals surface area (Å²) in [5, 5.41) is 0. The predicted octanol–water partition coefficient (Wildman–Crippen LogP) is 1.46. The van der Waals surface area contributed by atoms with Crippen LogP contribution < -0.4 is 5.56 Å². The minimum Gasteiger partial charge on any atom is -0.325 e. The van der Waals surface area contributed by atoms with Gasteiger partial charge in [-0.25, -0.2) is 0 Å². The highest BCUT2D eigenvalue weighted by Crippen LogP contribution is 2.24. The molecule has 0 unspecified atom stereocenters. The van der Waals surface area contributed by atoms with Gasteiger partial charge in [-0.2, -0.15) is 0 Å². The van der Waals surface area contributed by atoms with Gasteiger partial charge in [0.2, 0.25) is 5.56 Å². The van der Waals surface area contributed by atoms with Crippen molar-refractivity contribution in [3.8, 4) is 0 Å². The van der Waals surface area contributed by atoms with Gasteiger partial charge in [-0.1, -0.05) is 19.9 Å². The second-order valence-electron chi connectivity index (χ2n) is 4.74. The Hall–Kier alpha value is -1.09. The number of hydrogen-bond donors (Lipinski definition) is 1. The lowest BCUT2D eigenvalue weighted by molar-refractivity contribution is 0.0602. The Balaban J connectivity index is 1.87. The van der Waals surface area contributed by atoms with Gasteiger partial charge in [0, 0.05) is 31.4 Å². The Bertz CT molecular complexity index is 377. The molecule has 1 aromatic rings. The van der Waals surface area contributed by atoms with Crippen molar-refractivity contribution in [1.29, 1.82) is 0 Å². The highest BCUT2D eigenvalue weighted by atomic mass is 16.1. The van der Waals surface area contributed by atoms with Crippen LogP contribution in [0.4, 0.5) is 0 Å². The number of hydrogen-bond acceptors (Lipinski definition) is 2. The largest absolute Gasteiger partial charge is 0.325 e. The second-order valence-corrected chi connectivity index (χ2v) is 4.74. The quantitative estimate of drug-likeness (QED) is 0.812. The molecule has 82 valence electrons. The van der Waals surface area contributed by atoms with Crippen LogP contribution in [-0.4, -0.2) is 23.0 Å². The molecule has 0 atom stereocenters. The number of aromatic amines is 1. The molecule has 1 aromatic heterocycles. The molecule has 0 saturated carbocycles. The summed E-state index contributed by atoms with van der Waals surface area (Å²) in [7, 11) is 0. The van der Waals surface area contributed by atoms with Gasteiger partial charge in [0.25, 0.3) is 0 Å². The van der Waals surface area contributed by atoms with Crippen molar-refractivity contribution in [3.05, 3.63) is 34.2 Å². The minimum absolute atomic E-state index is 0.00608. The summed E-state index contributed by atoms with van der Waals surface area (Å²) in [6.45, 7) is 7.74. The maximum absolute atomic E-state index is 11.1. The van der Waals surface area contributed by atoms with Gasteiger partial charge < -0.3 is 4.98 Å². The van der Waals surface area contributed by atoms with E-state index in [1.54, 1.807) is 6.07 Å². The highest BCUT2D eigenvalue weighted by molar-refractivity contribution is 5.04. The SMILES string of the molecule is CC(C)C1CN(Cc2cccc(=O)[nH]2)C1. The van der Waals surface area contributed by atoms with Crippen LogP contribution in [0.1, 0.15) is 19.5 Å². The fourth-order valence-electron chi connectivity index (χ4n) is 1.99. The monoisotopic (exact) mass is 206 g/mol. The standard InChI is InChI=1S/C12H18N2O/c1-9(2)10-6-14(7-10)8-11-4-3-5-12(15)13-11/h3-5,9-10H,6-8H2,1-2H3,(H,13,15). The van der Waals surface area contributed by atoms with Gasteiger partial charge in [0.1, 0.15) is 0 Å². The van der Waals surface area contributed by atoms with Crippen LogP contribution in [0.2, 0.25) is 0 Å². The summed E-state index contributed by atoms with van der Waals surface area (Å²) in [4.78, 5) is 16.3. The zero-order valence-electron chi connectivity index (χ0n) is 9.36. The van der Waals surface area contributed by atoms with E-state index in [-0.39, 0.29) is 5.56 Å². The first-order valence-electron chi connectivity index (χ1n) is 5.55. The van der Waals surface area contributed by atoms with E-state index < -0.39 is 0 Å². The molecule has 2 heterocycles. The maximum Gasteiger partial charge on any atom is 0.248 e. The topological polar surface area (TPSA) is 36.1 Å². The molecule has 0 aliphatic carbocycles. The van der Waals surface area contributed by atoms with Crippen LogP contribution >= 0.6 is 0 Å². The smallest absolute Gasteiger partial charge is 0.248 e. The third-order valence-corrected chi connectivity index (χ3v) is 3.15. The van der Waals surface area contributed by atoms with E-state index >= 15 is 0 Å². The van der Waals surface area contributed by atoms with Crippen molar-refractivity contribution >= 4 is 0 Å². The summed E-state index contributed by atoms with van der Waals surface area (Å²) in [6.07, 6.45) is 0. The summed E-state index contributed by atoms with van der Waals surface area (Å²) in [5.74, 6) is 1.61. The fraction of sp³-hybridized carbons (Fsp3) is 0.583. The van der Waals surface area contributed by atoms with Gasteiger partial charge >= 0.3 is 0 Å². The van der Waals surface area contributed by atoms with Crippen LogP contribution in [0.15, 0.2) is 23.0 Å². The number of nitrogens with zero attached hydrogens (tertiary/aromatic N) is 1. The molecule has 1 aliphatic heterocycles. The van der Waals surface area contributed by atoms with Crippen molar-refractivity contribution in [2.24, 2.45) is 11.8 Å². The van der Waals surface area contributed by atoms with Gasteiger partial charge in [-0.15, -0.1) is 0 Å². The molecule has 0 aromatic carbocycles. The molecule has 1 saturated heterocycles. The minimum atomic E-state index is -0.00608. The highest BCUT2D eigenvalue weighted by Gasteiger charge is 2.28. The van der Waals surface area contributed by atoms with Crippen LogP contribution in [0, 0.1) is 11.8 Å². The van der Waals surface area contributed by atoms with Gasteiger partial charge in [-0.3, -0.25) is 9.69 Å². The maximum atomic E-state index is 11.1. The average Bonchev–Trinajstić information content (AvgIpc) is 2.10. The third-order valence-electron chi connectivity index (χ3n) is 3.15. The Morgan fingerprint density at radius 3 is 2.80 bits per heavy atom. The summed E-state index contributed by atoms with van der Waals surface area (Å²) >= 11 is 0. The predicted molar refractivity (Wildman–Crippen MR) is 60.7 cm³/mol. The van der Waals surface area contributed by atoms with Gasteiger partial charge in [-0.05, 0) is 17.9 Å². The van der Waals surface area contributed by atoms with Crippen molar-refractivity contribution < 1.29 is 0 Å². The first-order valence-corrected chi connectivity index (χ1v) is 5.55. The van der Waals surface area contributed by atoms with Crippen LogP contribution in [-0.2, 0) is 6.54 Å². The molecule has 3 nitrogen and oxygen atoms in total. The molecular weight excluding hydrogens is 188 g/mol. The van der Waals surface area contributed by atoms with E-state index in [1.807, 2.05) is 12.1 Å². The lowest BCUT2D eigenvalue weighted by atomic mass is 9.88. The molecule has 15 heavy (non-hydrogen) atoms. The zero-order chi connectivity index (χ0) is 10.8. The van der Waals surface area contributed by atoms with Crippen molar-refractivity contribution in [2.75, 3.05) is 13.1 Å². The van der Waals surface area contributed by atoms with Crippen LogP contribution in [0.3, 0.4) is 0 Å². The molecule has 2 rings (SSSR count). The molecule has 0 radical (unpaired) electrons. The molecular formula is C12H18N2O. The Morgan fingerprint density at radius 2 is 2.20 bits per heavy atom. The normalized spacial score (nSPS) is 18.1. The zero-order valence-corrected chi connectivity index (χ0v) is 9.36. The van der Waals surface area contributed by atoms with E-state index in [1.165, 1.54) is 0 Å². The molecule has 0 spiro atoms. The van der Waals surface area contributed by atoms with Gasteiger partial charge in [0.15, 0.2) is 0 Å². The van der Waals surface area contributed by atoms with Gasteiger partial charge in [0.05, 0.1) is 0 Å². The average molecular weight is 206 g/mol. The molecule has 0 amide bonds. The van der Waals surface area contributed by atoms with E-state index in [0.29, 0.717) is 0 Å². The van der Waals surface area contributed by atoms with Crippen LogP contribution in [0.25, 0.3) is 0 Å². The third kappa shape index (κ3) is 2.48. The van der Waals surface area contributed by atoms with Crippen LogP contribution in [0.5, 0.6) is 0 Å². The number of nitrogens with one attached hydrogen (secondary N) is 1. The fourth-order valence-corrected chi connectivity index (χ4v) is 1.99. The first-order chi connectivity index (χ1) is 7.15. The lowest BCUT2D eigenvalue weighted by Gasteiger charge is -2.41. The number of likely N-dealkylation sites (tertiary alicyclic amines) is 1. The molecule has 3 heteroatoms. The number of aromatic nitrogens is 1. The summed E-state index contributed by atoms with van der Waals surface area (Å²) in [6, 6.07) is 5.34. The van der Waals surface area contributed by atoms with E-state index in [0.717, 1.165) is 37.2 Å². The molecule has 0 bridgehead atoms. The number of pyridine rings is 1. The number of rotatable bonds is 3. The van der Waals surface area contributed by atoms with E-state index in [4.69, 9.17) is 0 Å². The Labute approximate surface area is 90.1 Å². The molecule has 1 aliphatic rings. The summed E-state index contributed by atoms with van der Waals surface area (Å²) in [5.41, 5.74) is 1.01. The first kappa shape index (κ1) is 10.4. The second kappa shape index (κ2) is 4.19. The van der Waals surface area contributed by atoms with E-state index in [2.05, 4.69) is 23.7 Å². The summed E-state index contributed by atoms with van der Waals surface area (Å²) < 4.78 is 0. The van der Waals surface area contributed by atoms with Crippen molar-refractivity contribution in [2.45, 2.75) is 20.4 Å². The Morgan fingerprint density at radius 1 is 1.47 bits per heavy atom. The molecule has 1 fully saturated rings.